The molecule has 0 N–H and O–H groups in total. The van der Waals surface area contributed by atoms with Crippen LogP contribution < -0.4 is 9.64 Å². The summed E-state index contributed by atoms with van der Waals surface area (Å²) < 4.78 is 10.5. The average molecular weight is 450 g/mol. The highest BCUT2D eigenvalue weighted by Gasteiger charge is 2.31. The highest BCUT2D eigenvalue weighted by Crippen LogP contribution is 2.32. The van der Waals surface area contributed by atoms with Gasteiger partial charge in [-0.3, -0.25) is 4.79 Å². The third-order valence-corrected chi connectivity index (χ3v) is 6.08. The zero-order valence-corrected chi connectivity index (χ0v) is 19.8. The molecule has 0 spiro atoms. The zero-order valence-electron chi connectivity index (χ0n) is 19.8. The third-order valence-electron chi connectivity index (χ3n) is 6.08. The predicted octanol–water partition coefficient (Wildman–Crippen LogP) is 3.46. The number of fused-ring (bicyclic) bond motifs is 1. The zero-order chi connectivity index (χ0) is 23.6. The van der Waals surface area contributed by atoms with Gasteiger partial charge in [0.05, 0.1) is 13.7 Å². The molecule has 2 aliphatic heterocycles. The van der Waals surface area contributed by atoms with E-state index < -0.39 is 0 Å². The lowest BCUT2D eigenvalue weighted by Gasteiger charge is -2.37. The van der Waals surface area contributed by atoms with Crippen LogP contribution in [0.5, 0.6) is 5.75 Å². The normalized spacial score (nSPS) is 16.5. The quantitative estimate of drug-likeness (QED) is 0.526. The van der Waals surface area contributed by atoms with Crippen molar-refractivity contribution >= 4 is 23.8 Å². The Morgan fingerprint density at radius 3 is 2.45 bits per heavy atom. The molecule has 174 valence electrons. The van der Waals surface area contributed by atoms with E-state index in [4.69, 9.17) is 14.5 Å². The Bertz CT molecular complexity index is 1060. The molecule has 2 aromatic rings. The third kappa shape index (κ3) is 5.02. The molecule has 1 amide bonds. The fourth-order valence-electron chi connectivity index (χ4n) is 4.07. The summed E-state index contributed by atoms with van der Waals surface area (Å²) in [5, 5.41) is 0. The summed E-state index contributed by atoms with van der Waals surface area (Å²) in [5.74, 6) is 1.14. The molecule has 7 heteroatoms. The van der Waals surface area contributed by atoms with Crippen molar-refractivity contribution in [3.8, 4) is 5.75 Å². The van der Waals surface area contributed by atoms with Gasteiger partial charge < -0.3 is 19.3 Å². The maximum Gasteiger partial charge on any atom is 0.342 e. The van der Waals surface area contributed by atoms with Crippen LogP contribution in [0.4, 0.5) is 5.82 Å². The van der Waals surface area contributed by atoms with Gasteiger partial charge in [-0.25, -0.2) is 9.78 Å². The van der Waals surface area contributed by atoms with Crippen LogP contribution in [0.2, 0.25) is 0 Å². The minimum absolute atomic E-state index is 0.0247. The number of carbonyl (C=O) groups excluding carboxylic acids is 2. The minimum Gasteiger partial charge on any atom is -0.497 e. The van der Waals surface area contributed by atoms with Crippen molar-refractivity contribution in [3.63, 3.8) is 0 Å². The lowest BCUT2D eigenvalue weighted by atomic mass is 9.89. The van der Waals surface area contributed by atoms with Gasteiger partial charge in [0.25, 0.3) is 0 Å². The number of carbonyl (C=O) groups is 2. The van der Waals surface area contributed by atoms with Crippen molar-refractivity contribution in [2.24, 2.45) is 0 Å². The second-order valence-electron chi connectivity index (χ2n) is 9.42. The molecule has 1 saturated heterocycles. The number of esters is 1. The van der Waals surface area contributed by atoms with E-state index in [0.717, 1.165) is 22.6 Å². The number of cyclic esters (lactones) is 1. The molecule has 1 fully saturated rings. The summed E-state index contributed by atoms with van der Waals surface area (Å²) in [5.41, 5.74) is 3.35. The Hall–Kier alpha value is -3.35. The topological polar surface area (TPSA) is 72.0 Å². The number of aromatic nitrogens is 1. The summed E-state index contributed by atoms with van der Waals surface area (Å²) >= 11 is 0. The van der Waals surface area contributed by atoms with Crippen LogP contribution in [0.1, 0.15) is 48.0 Å². The van der Waals surface area contributed by atoms with Crippen molar-refractivity contribution in [2.45, 2.75) is 32.6 Å². The molecule has 0 aliphatic carbocycles. The molecule has 0 radical (unpaired) electrons. The molecular weight excluding hydrogens is 418 g/mol. The standard InChI is InChI=1S/C26H31N3O4/c1-26(2,3)21-17-19-11-16-33-25(31)23(19)24(27-21)29-14-12-28(13-15-29)22(30)10-7-18-5-8-20(32-4)9-6-18/h5-10,17H,11-16H2,1-4H3. The van der Waals surface area contributed by atoms with Crippen molar-refractivity contribution < 1.29 is 19.1 Å². The average Bonchev–Trinajstić information content (AvgIpc) is 2.82. The Kier molecular flexibility index (Phi) is 6.40. The molecule has 0 bridgehead atoms. The van der Waals surface area contributed by atoms with Gasteiger partial charge in [0.15, 0.2) is 0 Å². The summed E-state index contributed by atoms with van der Waals surface area (Å²) in [6.45, 7) is 9.13. The predicted molar refractivity (Wildman–Crippen MR) is 128 cm³/mol. The Morgan fingerprint density at radius 1 is 1.12 bits per heavy atom. The van der Waals surface area contributed by atoms with Gasteiger partial charge in [-0.15, -0.1) is 0 Å². The number of benzene rings is 1. The Morgan fingerprint density at radius 2 is 1.82 bits per heavy atom. The number of piperazine rings is 1. The van der Waals surface area contributed by atoms with Gasteiger partial charge in [0.1, 0.15) is 17.1 Å². The SMILES string of the molecule is COc1ccc(C=CC(=O)N2CCN(c3nc(C(C)(C)C)cc4c3C(=O)OCC4)CC2)cc1. The number of hydrogen-bond donors (Lipinski definition) is 0. The van der Waals surface area contributed by atoms with E-state index >= 15 is 0 Å². The van der Waals surface area contributed by atoms with Crippen LogP contribution in [0.15, 0.2) is 36.4 Å². The van der Waals surface area contributed by atoms with Crippen LogP contribution in [-0.2, 0) is 21.4 Å². The minimum atomic E-state index is -0.305. The van der Waals surface area contributed by atoms with E-state index in [0.29, 0.717) is 50.6 Å². The summed E-state index contributed by atoms with van der Waals surface area (Å²) in [4.78, 5) is 34.1. The molecule has 0 atom stereocenters. The molecule has 7 nitrogen and oxygen atoms in total. The number of anilines is 1. The number of pyridine rings is 1. The van der Waals surface area contributed by atoms with Gasteiger partial charge in [0.2, 0.25) is 5.91 Å². The molecule has 0 unspecified atom stereocenters. The second kappa shape index (κ2) is 9.25. The van der Waals surface area contributed by atoms with Gasteiger partial charge in [-0.05, 0) is 35.4 Å². The Balaban J connectivity index is 1.47. The molecule has 1 aromatic carbocycles. The molecule has 4 rings (SSSR count). The van der Waals surface area contributed by atoms with Crippen molar-refractivity contribution in [1.29, 1.82) is 0 Å². The van der Waals surface area contributed by atoms with Crippen molar-refractivity contribution in [3.05, 3.63) is 58.8 Å². The highest BCUT2D eigenvalue weighted by molar-refractivity contribution is 5.97. The van der Waals surface area contributed by atoms with Crippen LogP contribution in [0.25, 0.3) is 6.08 Å². The monoisotopic (exact) mass is 449 g/mol. The first-order valence-electron chi connectivity index (χ1n) is 11.3. The number of amides is 1. The molecule has 1 aromatic heterocycles. The van der Waals surface area contributed by atoms with Crippen LogP contribution in [-0.4, -0.2) is 61.7 Å². The molecule has 2 aliphatic rings. The second-order valence-corrected chi connectivity index (χ2v) is 9.42. The van der Waals surface area contributed by atoms with Gasteiger partial charge in [-0.1, -0.05) is 32.9 Å². The van der Waals surface area contributed by atoms with Crippen LogP contribution in [0.3, 0.4) is 0 Å². The first kappa shape index (κ1) is 22.8. The van der Waals surface area contributed by atoms with Gasteiger partial charge >= 0.3 is 5.97 Å². The first-order valence-corrected chi connectivity index (χ1v) is 11.3. The number of methoxy groups -OCH3 is 1. The first-order chi connectivity index (χ1) is 15.8. The van der Waals surface area contributed by atoms with E-state index in [9.17, 15) is 9.59 Å². The van der Waals surface area contributed by atoms with E-state index in [-0.39, 0.29) is 17.3 Å². The smallest absolute Gasteiger partial charge is 0.342 e. The van der Waals surface area contributed by atoms with E-state index in [1.165, 1.54) is 0 Å². The summed E-state index contributed by atoms with van der Waals surface area (Å²) in [7, 11) is 1.63. The molecule has 33 heavy (non-hydrogen) atoms. The maximum atomic E-state index is 12.7. The molecule has 0 saturated carbocycles. The van der Waals surface area contributed by atoms with E-state index in [1.807, 2.05) is 41.3 Å². The van der Waals surface area contributed by atoms with Crippen LogP contribution in [0, 0.1) is 0 Å². The lowest BCUT2D eigenvalue weighted by Crippen LogP contribution is -2.49. The van der Waals surface area contributed by atoms with E-state index in [1.54, 1.807) is 13.2 Å². The maximum absolute atomic E-state index is 12.7. The Labute approximate surface area is 195 Å². The largest absolute Gasteiger partial charge is 0.497 e. The lowest BCUT2D eigenvalue weighted by molar-refractivity contribution is -0.126. The molecule has 3 heterocycles. The fourth-order valence-corrected chi connectivity index (χ4v) is 4.07. The van der Waals surface area contributed by atoms with E-state index in [2.05, 4.69) is 25.7 Å². The fraction of sp³-hybridized carbons (Fsp3) is 0.423. The number of rotatable bonds is 4. The van der Waals surface area contributed by atoms with Crippen molar-refractivity contribution in [2.75, 3.05) is 44.8 Å². The summed E-state index contributed by atoms with van der Waals surface area (Å²) in [6.07, 6.45) is 4.12. The van der Waals surface area contributed by atoms with Gasteiger partial charge in [-0.2, -0.15) is 0 Å². The molecular formula is C26H31N3O4. The van der Waals surface area contributed by atoms with Crippen molar-refractivity contribution in [1.82, 2.24) is 9.88 Å². The number of nitrogens with zero attached hydrogens (tertiary/aromatic N) is 3. The van der Waals surface area contributed by atoms with Gasteiger partial charge in [0, 0.05) is 49.8 Å². The summed E-state index contributed by atoms with van der Waals surface area (Å²) in [6, 6.07) is 9.61. The number of hydrogen-bond acceptors (Lipinski definition) is 6. The highest BCUT2D eigenvalue weighted by atomic mass is 16.5. The number of ether oxygens (including phenoxy) is 2. The van der Waals surface area contributed by atoms with Crippen LogP contribution >= 0.6 is 0 Å².